The number of hydrogen-bond acceptors (Lipinski definition) is 22. The normalized spacial score (nSPS) is 10.7. The summed E-state index contributed by atoms with van der Waals surface area (Å²) in [6.45, 7) is 6.10. The molecule has 0 saturated carbocycles. The SMILES string of the molecule is CC(=O)C=C(C)O.CNCc1ccnc(-c2[c-]cc(Oc3ccccc3)cc2Sc2ccccc2)c1.CNCc1ccnc(-c2[c-]cc(Sc3ccccc3)cc2Sc2ccccc2)c1.CNCc1ccnc(-c2[c-]cc(Sc3ccccc3)cc2Sc2ccccc2)c1.CNCc1ccnc(-c2[c-]cc(Sc3ccccc3)cc2Sc2ccccc2)c1.O=C(C=C(O)C(F)(F)F)C(F)(F)F.O=C(O)c1ccccn1.[Ir].[Ir].[Ir].[Ir]. The van der Waals surface area contributed by atoms with Crippen molar-refractivity contribution in [3.8, 4) is 56.5 Å². The zero-order chi connectivity index (χ0) is 103. The van der Waals surface area contributed by atoms with E-state index in [1.165, 1.54) is 98.5 Å². The van der Waals surface area contributed by atoms with Gasteiger partial charge < -0.3 is 61.3 Å². The Labute approximate surface area is 948 Å². The predicted molar refractivity (Wildman–Crippen MR) is 572 cm³/mol. The summed E-state index contributed by atoms with van der Waals surface area (Å²) in [4.78, 5) is 68.6. The minimum absolute atomic E-state index is 0. The monoisotopic (exact) mass is 2840 g/mol. The van der Waals surface area contributed by atoms with E-state index in [1.807, 2.05) is 168 Å². The van der Waals surface area contributed by atoms with Crippen molar-refractivity contribution in [2.75, 3.05) is 28.2 Å². The van der Waals surface area contributed by atoms with Crippen LogP contribution in [0.1, 0.15) is 46.6 Å². The van der Waals surface area contributed by atoms with Crippen LogP contribution < -0.4 is 26.0 Å². The van der Waals surface area contributed by atoms with Crippen LogP contribution in [0.4, 0.5) is 26.3 Å². The van der Waals surface area contributed by atoms with Crippen LogP contribution in [0.2, 0.25) is 0 Å². The number of ether oxygens (including phenoxy) is 1. The van der Waals surface area contributed by atoms with Crippen molar-refractivity contribution in [3.63, 3.8) is 0 Å². The maximum atomic E-state index is 11.4. The van der Waals surface area contributed by atoms with Gasteiger partial charge in [-0.05, 0) is 221 Å². The molecule has 0 bridgehead atoms. The molecule has 0 aliphatic heterocycles. The van der Waals surface area contributed by atoms with Crippen LogP contribution in [0.15, 0.2) is 481 Å². The van der Waals surface area contributed by atoms with E-state index in [0.717, 1.165) is 107 Å². The van der Waals surface area contributed by atoms with E-state index in [-0.39, 0.29) is 97.7 Å². The van der Waals surface area contributed by atoms with E-state index in [0.29, 0.717) is 0 Å². The molecule has 33 heteroatoms. The number of allylic oxidation sites excluding steroid dienone is 4. The number of carboxylic acid groups (broad SMARTS) is 1. The molecule has 0 aliphatic rings. The van der Waals surface area contributed by atoms with Crippen LogP contribution in [0, 0.1) is 24.3 Å². The third-order valence-electron chi connectivity index (χ3n) is 19.3. The standard InChI is InChI=1S/C25H21N2OS.3C25H21N2S2.C6H5NO2.C5H2F6O2.C5H8O2.4Ir/c1-26-18-19-14-15-27-24(16-19)23-13-12-21(28-20-8-4-2-5-9-20)17-25(23)29-22-10-6-3-7-11-22;3*1-26-18-19-14-15-27-24(16-19)23-13-12-22(28-20-8-4-2-5-9-20)17-25(23)29-21-10-6-3-7-11-21;8-6(9)5-3-1-2-4-7-5;6-4(7,8)2(12)1-3(13)5(9,10)11;1-4(6)3-5(2)7;;;;/h4*2-12,14-17,26H,18H2,1H3;1-4H,(H,8,9);1,12H;3,6H,1-2H3;;;;/q4*-1;;;;;;;. The summed E-state index contributed by atoms with van der Waals surface area (Å²) in [7, 11) is 7.81. The van der Waals surface area contributed by atoms with Crippen molar-refractivity contribution in [2.45, 2.75) is 121 Å². The maximum Gasteiger partial charge on any atom is 0.454 e. The molecule has 12 aromatic carbocycles. The van der Waals surface area contributed by atoms with Gasteiger partial charge in [-0.3, -0.25) is 9.59 Å². The first kappa shape index (κ1) is 124. The van der Waals surface area contributed by atoms with Crippen molar-refractivity contribution < 1.29 is 141 Å². The summed E-state index contributed by atoms with van der Waals surface area (Å²) in [6.07, 6.45) is -1.59. The van der Waals surface area contributed by atoms with Gasteiger partial charge in [0.05, 0.1) is 5.76 Å². The smallest absolute Gasteiger partial charge is 0.454 e. The van der Waals surface area contributed by atoms with E-state index in [9.17, 15) is 40.7 Å². The molecule has 0 atom stereocenters. The number of aromatic carboxylic acids is 1. The number of benzene rings is 12. The second kappa shape index (κ2) is 67.0. The third kappa shape index (κ3) is 44.2. The molecule has 774 valence electrons. The van der Waals surface area contributed by atoms with Gasteiger partial charge in [-0.2, -0.15) is 26.3 Å². The average Bonchev–Trinajstić information content (AvgIpc) is 0.818. The number of aliphatic hydroxyl groups is 2. The van der Waals surface area contributed by atoms with Crippen LogP contribution in [-0.2, 0) is 116 Å². The third-order valence-corrected chi connectivity index (χ3v) is 26.4. The summed E-state index contributed by atoms with van der Waals surface area (Å²) in [5.74, 6) is -4.83. The molecule has 16 nitrogen and oxygen atoms in total. The van der Waals surface area contributed by atoms with Crippen LogP contribution in [0.3, 0.4) is 0 Å². The number of rotatable bonds is 31. The topological polar surface area (TPSA) is 234 Å². The molecule has 0 amide bonds. The minimum Gasteiger partial charge on any atom is -0.512 e. The van der Waals surface area contributed by atoms with Crippen molar-refractivity contribution in [1.29, 1.82) is 0 Å². The molecular formula is C116H99F6Ir4N9O7S7-4. The number of nitrogens with one attached hydrogen (secondary N) is 4. The van der Waals surface area contributed by atoms with E-state index in [1.54, 1.807) is 94.5 Å². The Morgan fingerprint density at radius 2 is 0.577 bits per heavy atom. The Kier molecular flexibility index (Phi) is 55.9. The second-order valence-corrected chi connectivity index (χ2v) is 38.6. The molecule has 4 radical (unpaired) electrons. The molecule has 17 rings (SSSR count). The predicted octanol–water partition coefficient (Wildman–Crippen LogP) is 29.9. The summed E-state index contributed by atoms with van der Waals surface area (Å²) in [6, 6.07) is 135. The summed E-state index contributed by atoms with van der Waals surface area (Å²) >= 11 is 12.2. The molecular weight excluding hydrogens is 2740 g/mol. The van der Waals surface area contributed by atoms with Gasteiger partial charge in [-0.25, -0.2) is 9.78 Å². The molecule has 0 spiro atoms. The fraction of sp³-hybridized carbons (Fsp3) is 0.103. The number of pyridine rings is 5. The summed E-state index contributed by atoms with van der Waals surface area (Å²) in [5, 5.41) is 37.4. The number of carbonyl (C=O) groups excluding carboxylic acids is 2. The summed E-state index contributed by atoms with van der Waals surface area (Å²) in [5.41, 5.74) is 12.7. The number of nitrogens with zero attached hydrogens (tertiary/aromatic N) is 5. The first-order valence-corrected chi connectivity index (χ1v) is 50.5. The Morgan fingerprint density at radius 3 is 0.812 bits per heavy atom. The first-order chi connectivity index (χ1) is 70.2. The van der Waals surface area contributed by atoms with Gasteiger partial charge in [-0.15, -0.1) is 171 Å². The maximum absolute atomic E-state index is 11.4. The van der Waals surface area contributed by atoms with Crippen LogP contribution in [0.5, 0.6) is 11.5 Å². The largest absolute Gasteiger partial charge is 0.512 e. The molecule has 0 saturated heterocycles. The van der Waals surface area contributed by atoms with Crippen molar-refractivity contribution in [3.05, 3.63) is 465 Å². The number of alkyl halides is 6. The van der Waals surface area contributed by atoms with Crippen molar-refractivity contribution in [1.82, 2.24) is 46.2 Å². The average molecular weight is 2840 g/mol. The fourth-order valence-electron chi connectivity index (χ4n) is 12.9. The Morgan fingerprint density at radius 1 is 0.309 bits per heavy atom. The van der Waals surface area contributed by atoms with Crippen LogP contribution in [-0.4, -0.2) is 98.3 Å². The molecule has 0 unspecified atom stereocenters. The quantitative estimate of drug-likeness (QED) is 0.00926. The van der Waals surface area contributed by atoms with E-state index >= 15 is 0 Å². The van der Waals surface area contributed by atoms with Gasteiger partial charge in [0.15, 0.2) is 5.78 Å². The Balaban J connectivity index is 0.000000244. The fourth-order valence-corrected chi connectivity index (χ4v) is 19.7. The van der Waals surface area contributed by atoms with Crippen molar-refractivity contribution >= 4 is 99.9 Å². The van der Waals surface area contributed by atoms with Gasteiger partial charge in [-0.1, -0.05) is 216 Å². The van der Waals surface area contributed by atoms with Gasteiger partial charge in [0.1, 0.15) is 11.4 Å². The number of aliphatic hydroxyl groups excluding tert-OH is 2. The van der Waals surface area contributed by atoms with Gasteiger partial charge in [0.25, 0.3) is 5.78 Å². The molecule has 0 aliphatic carbocycles. The van der Waals surface area contributed by atoms with E-state index < -0.39 is 35.9 Å². The number of hydrogen-bond donors (Lipinski definition) is 7. The Hall–Kier alpha value is -11.5. The summed E-state index contributed by atoms with van der Waals surface area (Å²) < 4.78 is 74.1. The zero-order valence-corrected chi connectivity index (χ0v) is 95.9. The van der Waals surface area contributed by atoms with Gasteiger partial charge >= 0.3 is 18.3 Å². The first-order valence-electron chi connectivity index (χ1n) is 44.8. The van der Waals surface area contributed by atoms with E-state index in [2.05, 4.69) is 295 Å². The number of ketones is 2. The number of halogens is 6. The number of carbonyl (C=O) groups is 3. The van der Waals surface area contributed by atoms with Crippen LogP contribution in [0.25, 0.3) is 45.0 Å². The van der Waals surface area contributed by atoms with Gasteiger partial charge in [0, 0.05) is 190 Å². The Bertz CT molecular complexity index is 6300. The second-order valence-electron chi connectivity index (χ2n) is 30.7. The van der Waals surface area contributed by atoms with Crippen LogP contribution >= 0.6 is 82.3 Å². The molecule has 149 heavy (non-hydrogen) atoms. The molecule has 17 aromatic rings. The molecule has 0 fully saturated rings. The minimum atomic E-state index is -5.42. The molecule has 5 aromatic heterocycles. The molecule has 7 N–H and O–H groups in total. The number of para-hydroxylation sites is 1. The molecule has 5 heterocycles. The zero-order valence-electron chi connectivity index (χ0n) is 80.6. The van der Waals surface area contributed by atoms with E-state index in [4.69, 9.17) is 20.1 Å². The number of carboxylic acids is 1. The van der Waals surface area contributed by atoms with Gasteiger partial charge in [0.2, 0.25) is 5.76 Å². The number of aromatic nitrogens is 5. The van der Waals surface area contributed by atoms with Crippen molar-refractivity contribution in [2.24, 2.45) is 0 Å².